The van der Waals surface area contributed by atoms with Crippen molar-refractivity contribution in [1.29, 1.82) is 0 Å². The highest BCUT2D eigenvalue weighted by atomic mass is 16.5. The van der Waals surface area contributed by atoms with Crippen LogP contribution in [0.15, 0.2) is 82.1 Å². The Morgan fingerprint density at radius 3 is 2.35 bits per heavy atom. The maximum atomic E-state index is 12.2. The number of amides is 1. The second kappa shape index (κ2) is 9.00. The smallest absolute Gasteiger partial charge is 0.439 e. The number of hydrogen-bond donors (Lipinski definition) is 2. The predicted molar refractivity (Wildman–Crippen MR) is 114 cm³/mol. The summed E-state index contributed by atoms with van der Waals surface area (Å²) in [5.74, 6) is 1.27. The molecule has 0 spiro atoms. The van der Waals surface area contributed by atoms with Gasteiger partial charge in [0.2, 0.25) is 0 Å². The number of aromatic nitrogens is 2. The van der Waals surface area contributed by atoms with E-state index in [4.69, 9.17) is 9.47 Å². The maximum Gasteiger partial charge on any atom is 0.439 e. The lowest BCUT2D eigenvalue weighted by Gasteiger charge is -2.09. The molecule has 8 nitrogen and oxygen atoms in total. The van der Waals surface area contributed by atoms with E-state index in [1.807, 2.05) is 31.2 Å². The van der Waals surface area contributed by atoms with E-state index in [0.717, 1.165) is 11.3 Å². The third kappa shape index (κ3) is 5.39. The van der Waals surface area contributed by atoms with Gasteiger partial charge in [0.1, 0.15) is 17.2 Å². The molecule has 0 atom stereocenters. The number of nitrogens with zero attached hydrogens (tertiary/aromatic N) is 1. The second-order valence-corrected chi connectivity index (χ2v) is 6.75. The monoisotopic (exact) mass is 417 g/mol. The Morgan fingerprint density at radius 1 is 1.00 bits per heavy atom. The van der Waals surface area contributed by atoms with Crippen LogP contribution in [0.25, 0.3) is 11.4 Å². The molecule has 8 heteroatoms. The molecule has 0 saturated heterocycles. The number of carbonyl (C=O) groups excluding carboxylic acids is 1. The largest absolute Gasteiger partial charge is 0.484 e. The van der Waals surface area contributed by atoms with Crippen LogP contribution in [-0.4, -0.2) is 22.7 Å². The van der Waals surface area contributed by atoms with E-state index in [1.54, 1.807) is 48.5 Å². The first kappa shape index (κ1) is 20.0. The molecule has 0 aliphatic rings. The summed E-state index contributed by atoms with van der Waals surface area (Å²) in [6.07, 6.45) is 0. The van der Waals surface area contributed by atoms with Crippen molar-refractivity contribution >= 4 is 11.6 Å². The molecular formula is C23H19N3O5. The lowest BCUT2D eigenvalue weighted by molar-refractivity contribution is -0.118. The summed E-state index contributed by atoms with van der Waals surface area (Å²) < 4.78 is 15.8. The van der Waals surface area contributed by atoms with Crippen LogP contribution in [0.4, 0.5) is 5.69 Å². The van der Waals surface area contributed by atoms with E-state index in [9.17, 15) is 9.59 Å². The molecule has 31 heavy (non-hydrogen) atoms. The molecule has 3 aromatic carbocycles. The summed E-state index contributed by atoms with van der Waals surface area (Å²) in [5, 5.41) is 6.37. The fourth-order valence-electron chi connectivity index (χ4n) is 2.79. The molecule has 0 saturated carbocycles. The van der Waals surface area contributed by atoms with Crippen LogP contribution in [-0.2, 0) is 4.79 Å². The van der Waals surface area contributed by atoms with Gasteiger partial charge < -0.3 is 14.8 Å². The van der Waals surface area contributed by atoms with Gasteiger partial charge in [-0.1, -0.05) is 35.0 Å². The lowest BCUT2D eigenvalue weighted by Crippen LogP contribution is -2.20. The van der Waals surface area contributed by atoms with E-state index in [0.29, 0.717) is 22.7 Å². The number of aryl methyl sites for hydroxylation is 1. The maximum absolute atomic E-state index is 12.2. The molecule has 0 fully saturated rings. The van der Waals surface area contributed by atoms with Gasteiger partial charge in [-0.25, -0.2) is 4.79 Å². The molecule has 1 heterocycles. The van der Waals surface area contributed by atoms with Crippen LogP contribution < -0.4 is 20.5 Å². The number of anilines is 1. The van der Waals surface area contributed by atoms with Crippen LogP contribution in [0.2, 0.25) is 0 Å². The molecule has 1 aromatic heterocycles. The summed E-state index contributed by atoms with van der Waals surface area (Å²) in [7, 11) is 0. The summed E-state index contributed by atoms with van der Waals surface area (Å²) in [5.41, 5.74) is 2.31. The molecule has 156 valence electrons. The molecule has 4 rings (SSSR count). The normalized spacial score (nSPS) is 10.5. The molecule has 0 aliphatic heterocycles. The Morgan fingerprint density at radius 2 is 1.68 bits per heavy atom. The summed E-state index contributed by atoms with van der Waals surface area (Å²) >= 11 is 0. The number of rotatable bonds is 7. The van der Waals surface area contributed by atoms with Crippen LogP contribution in [0.3, 0.4) is 0 Å². The first-order valence-corrected chi connectivity index (χ1v) is 9.49. The minimum atomic E-state index is -0.645. The average molecular weight is 417 g/mol. The molecule has 1 amide bonds. The predicted octanol–water partition coefficient (Wildman–Crippen LogP) is 4.15. The van der Waals surface area contributed by atoms with Gasteiger partial charge in [-0.2, -0.15) is 0 Å². The Balaban J connectivity index is 1.30. The third-order valence-corrected chi connectivity index (χ3v) is 4.31. The van der Waals surface area contributed by atoms with Gasteiger partial charge in [0.05, 0.1) is 0 Å². The van der Waals surface area contributed by atoms with Crippen molar-refractivity contribution in [2.24, 2.45) is 0 Å². The van der Waals surface area contributed by atoms with Crippen molar-refractivity contribution in [3.63, 3.8) is 0 Å². The first-order chi connectivity index (χ1) is 15.0. The first-order valence-electron chi connectivity index (χ1n) is 9.49. The number of benzene rings is 3. The topological polar surface area (TPSA) is 106 Å². The summed E-state index contributed by atoms with van der Waals surface area (Å²) in [6.45, 7) is 1.85. The van der Waals surface area contributed by atoms with Gasteiger partial charge in [0, 0.05) is 11.3 Å². The molecule has 4 aromatic rings. The summed E-state index contributed by atoms with van der Waals surface area (Å²) in [6, 6.07) is 21.6. The van der Waals surface area contributed by atoms with Crippen molar-refractivity contribution in [3.8, 4) is 28.6 Å². The van der Waals surface area contributed by atoms with Crippen LogP contribution in [0, 0.1) is 6.92 Å². The minimum absolute atomic E-state index is 0.164. The van der Waals surface area contributed by atoms with Crippen molar-refractivity contribution in [1.82, 2.24) is 10.1 Å². The standard InChI is InChI=1S/C23H19N3O5/c1-15-5-7-19(8-6-15)30-20-11-9-18(10-12-20)29-14-21(27)24-17-4-2-3-16(13-17)22-25-23(28)31-26-22/h2-13H,14H2,1H3,(H,24,27)(H,25,26,28). The highest BCUT2D eigenvalue weighted by Crippen LogP contribution is 2.24. The van der Waals surface area contributed by atoms with E-state index in [2.05, 4.69) is 20.0 Å². The second-order valence-electron chi connectivity index (χ2n) is 6.75. The quantitative estimate of drug-likeness (QED) is 0.468. The Bertz CT molecular complexity index is 1230. The van der Waals surface area contributed by atoms with E-state index < -0.39 is 5.76 Å². The molecule has 2 N–H and O–H groups in total. The zero-order valence-corrected chi connectivity index (χ0v) is 16.6. The molecule has 0 radical (unpaired) electrons. The van der Waals surface area contributed by atoms with Crippen molar-refractivity contribution in [3.05, 3.63) is 88.9 Å². The highest BCUT2D eigenvalue weighted by Gasteiger charge is 2.08. The van der Waals surface area contributed by atoms with Gasteiger partial charge in [0.25, 0.3) is 5.91 Å². The van der Waals surface area contributed by atoms with Gasteiger partial charge in [-0.15, -0.1) is 0 Å². The van der Waals surface area contributed by atoms with Gasteiger partial charge >= 0.3 is 5.76 Å². The molecule has 0 aliphatic carbocycles. The molecule has 0 bridgehead atoms. The van der Waals surface area contributed by atoms with Crippen molar-refractivity contribution < 1.29 is 18.8 Å². The van der Waals surface area contributed by atoms with Crippen molar-refractivity contribution in [2.75, 3.05) is 11.9 Å². The fourth-order valence-corrected chi connectivity index (χ4v) is 2.79. The fraction of sp³-hybridized carbons (Fsp3) is 0.0870. The number of aromatic amines is 1. The zero-order valence-electron chi connectivity index (χ0n) is 16.6. The van der Waals surface area contributed by atoms with Gasteiger partial charge in [-0.3, -0.25) is 14.3 Å². The van der Waals surface area contributed by atoms with E-state index >= 15 is 0 Å². The number of nitrogens with one attached hydrogen (secondary N) is 2. The third-order valence-electron chi connectivity index (χ3n) is 4.31. The molecule has 0 unspecified atom stereocenters. The zero-order chi connectivity index (χ0) is 21.6. The molecular weight excluding hydrogens is 398 g/mol. The Labute approximate surface area is 177 Å². The lowest BCUT2D eigenvalue weighted by atomic mass is 10.2. The highest BCUT2D eigenvalue weighted by molar-refractivity contribution is 5.92. The van der Waals surface area contributed by atoms with Crippen LogP contribution in [0.5, 0.6) is 17.2 Å². The number of carbonyl (C=O) groups is 1. The van der Waals surface area contributed by atoms with Crippen LogP contribution in [0.1, 0.15) is 5.56 Å². The SMILES string of the molecule is Cc1ccc(Oc2ccc(OCC(=O)Nc3cccc(-c4noc(=O)[nH]4)c3)cc2)cc1. The van der Waals surface area contributed by atoms with Gasteiger partial charge in [-0.05, 0) is 55.5 Å². The van der Waals surface area contributed by atoms with Crippen molar-refractivity contribution in [2.45, 2.75) is 6.92 Å². The Hall–Kier alpha value is -4.33. The van der Waals surface area contributed by atoms with E-state index in [-0.39, 0.29) is 18.3 Å². The van der Waals surface area contributed by atoms with Gasteiger partial charge in [0.15, 0.2) is 12.4 Å². The minimum Gasteiger partial charge on any atom is -0.484 e. The summed E-state index contributed by atoms with van der Waals surface area (Å²) in [4.78, 5) is 25.8. The number of hydrogen-bond acceptors (Lipinski definition) is 6. The van der Waals surface area contributed by atoms with E-state index in [1.165, 1.54) is 0 Å². The number of ether oxygens (including phenoxy) is 2. The van der Waals surface area contributed by atoms with Crippen LogP contribution >= 0.6 is 0 Å². The average Bonchev–Trinajstić information content (AvgIpc) is 3.21. The Kier molecular flexibility index (Phi) is 5.79. The number of H-pyrrole nitrogens is 1.